The van der Waals surface area contributed by atoms with Crippen LogP contribution in [0.3, 0.4) is 0 Å². The number of carboxylic acid groups (broad SMARTS) is 1. The Labute approximate surface area is 111 Å². The first kappa shape index (κ1) is 13.8. The number of halogens is 1. The Bertz CT molecular complexity index is 476. The number of ether oxygens (including phenoxy) is 1. The van der Waals surface area contributed by atoms with Crippen LogP contribution in [-0.4, -0.2) is 24.7 Å². The summed E-state index contributed by atoms with van der Waals surface area (Å²) in [6.07, 6.45) is -0.558. The van der Waals surface area contributed by atoms with E-state index in [9.17, 15) is 9.18 Å². The molecular weight excluding hydrogens is 249 g/mol. The van der Waals surface area contributed by atoms with E-state index in [0.717, 1.165) is 5.56 Å². The van der Waals surface area contributed by atoms with Crippen molar-refractivity contribution in [2.45, 2.75) is 25.6 Å². The van der Waals surface area contributed by atoms with Crippen molar-refractivity contribution >= 4 is 5.97 Å². The number of nitrogens with one attached hydrogen (secondary N) is 1. The van der Waals surface area contributed by atoms with Crippen LogP contribution < -0.4 is 10.1 Å². The lowest BCUT2D eigenvalue weighted by Gasteiger charge is -2.17. The van der Waals surface area contributed by atoms with Crippen molar-refractivity contribution in [1.82, 2.24) is 5.32 Å². The number of carboxylic acids is 1. The number of rotatable bonds is 4. The van der Waals surface area contributed by atoms with E-state index in [1.807, 2.05) is 0 Å². The maximum Gasteiger partial charge on any atom is 0.307 e. The van der Waals surface area contributed by atoms with Gasteiger partial charge in [0.2, 0.25) is 0 Å². The largest absolute Gasteiger partial charge is 0.496 e. The van der Waals surface area contributed by atoms with E-state index in [2.05, 4.69) is 5.32 Å². The first-order valence-corrected chi connectivity index (χ1v) is 6.31. The van der Waals surface area contributed by atoms with Crippen molar-refractivity contribution in [3.8, 4) is 5.75 Å². The number of benzene rings is 1. The van der Waals surface area contributed by atoms with E-state index in [-0.39, 0.29) is 6.04 Å². The van der Waals surface area contributed by atoms with E-state index in [4.69, 9.17) is 9.84 Å². The number of aliphatic carboxylic acids is 1. The molecule has 1 fully saturated rings. The molecule has 4 nitrogen and oxygen atoms in total. The molecule has 5 heteroatoms. The summed E-state index contributed by atoms with van der Waals surface area (Å²) in [6, 6.07) is 5.08. The Hall–Kier alpha value is -1.62. The van der Waals surface area contributed by atoms with Gasteiger partial charge in [-0.3, -0.25) is 4.79 Å². The second-order valence-electron chi connectivity index (χ2n) is 4.85. The van der Waals surface area contributed by atoms with Gasteiger partial charge in [-0.1, -0.05) is 6.07 Å². The average molecular weight is 267 g/mol. The molecule has 1 aromatic rings. The maximum atomic E-state index is 13.4. The van der Waals surface area contributed by atoms with Crippen LogP contribution in [-0.2, 0) is 4.79 Å². The second kappa shape index (κ2) is 5.57. The number of alkyl halides is 1. The molecule has 1 saturated heterocycles. The SMILES string of the molecule is COc1ccc(C(C)F)cc1C1CC(C(=O)O)CN1. The molecule has 1 heterocycles. The Balaban J connectivity index is 2.28. The highest BCUT2D eigenvalue weighted by atomic mass is 19.1. The molecule has 0 bridgehead atoms. The van der Waals surface area contributed by atoms with Gasteiger partial charge in [-0.15, -0.1) is 0 Å². The molecule has 2 N–H and O–H groups in total. The van der Waals surface area contributed by atoms with Crippen LogP contribution in [0.4, 0.5) is 4.39 Å². The van der Waals surface area contributed by atoms with Crippen molar-refractivity contribution in [2.24, 2.45) is 5.92 Å². The third kappa shape index (κ3) is 2.87. The van der Waals surface area contributed by atoms with Gasteiger partial charge in [0.05, 0.1) is 13.0 Å². The van der Waals surface area contributed by atoms with Crippen LogP contribution in [0.2, 0.25) is 0 Å². The lowest BCUT2D eigenvalue weighted by molar-refractivity contribution is -0.141. The fourth-order valence-corrected chi connectivity index (χ4v) is 2.43. The van der Waals surface area contributed by atoms with Gasteiger partial charge in [-0.05, 0) is 31.0 Å². The van der Waals surface area contributed by atoms with Gasteiger partial charge in [0.1, 0.15) is 11.9 Å². The van der Waals surface area contributed by atoms with E-state index in [0.29, 0.717) is 24.3 Å². The average Bonchev–Trinajstić information content (AvgIpc) is 2.87. The molecule has 0 aliphatic carbocycles. The number of hydrogen-bond donors (Lipinski definition) is 2. The van der Waals surface area contributed by atoms with Gasteiger partial charge in [0.25, 0.3) is 0 Å². The highest BCUT2D eigenvalue weighted by Crippen LogP contribution is 2.35. The van der Waals surface area contributed by atoms with Gasteiger partial charge in [-0.25, -0.2) is 4.39 Å². The molecule has 0 spiro atoms. The van der Waals surface area contributed by atoms with E-state index in [1.165, 1.54) is 6.92 Å². The highest BCUT2D eigenvalue weighted by molar-refractivity contribution is 5.71. The molecule has 1 aliphatic rings. The minimum Gasteiger partial charge on any atom is -0.496 e. The quantitative estimate of drug-likeness (QED) is 0.879. The summed E-state index contributed by atoms with van der Waals surface area (Å²) in [5.74, 6) is -0.543. The van der Waals surface area contributed by atoms with Crippen molar-refractivity contribution < 1.29 is 19.0 Å². The second-order valence-corrected chi connectivity index (χ2v) is 4.85. The van der Waals surface area contributed by atoms with Crippen LogP contribution in [0.15, 0.2) is 18.2 Å². The molecule has 0 saturated carbocycles. The lowest BCUT2D eigenvalue weighted by atomic mass is 9.97. The minimum atomic E-state index is -1.05. The first-order chi connectivity index (χ1) is 9.02. The number of methoxy groups -OCH3 is 1. The van der Waals surface area contributed by atoms with Crippen molar-refractivity contribution in [2.75, 3.05) is 13.7 Å². The summed E-state index contributed by atoms with van der Waals surface area (Å²) in [5, 5.41) is 12.2. The van der Waals surface area contributed by atoms with Gasteiger partial charge in [0, 0.05) is 18.2 Å². The zero-order valence-corrected chi connectivity index (χ0v) is 11.0. The van der Waals surface area contributed by atoms with Crippen LogP contribution in [0.25, 0.3) is 0 Å². The topological polar surface area (TPSA) is 58.6 Å². The summed E-state index contributed by atoms with van der Waals surface area (Å²) in [5.41, 5.74) is 1.41. The highest BCUT2D eigenvalue weighted by Gasteiger charge is 2.31. The fraction of sp³-hybridized carbons (Fsp3) is 0.500. The van der Waals surface area contributed by atoms with Crippen molar-refractivity contribution in [3.05, 3.63) is 29.3 Å². The summed E-state index contributed by atoms with van der Waals surface area (Å²) in [7, 11) is 1.56. The first-order valence-electron chi connectivity index (χ1n) is 6.31. The lowest BCUT2D eigenvalue weighted by Crippen LogP contribution is -2.17. The summed E-state index contributed by atoms with van der Waals surface area (Å²) in [6.45, 7) is 1.91. The monoisotopic (exact) mass is 267 g/mol. The van der Waals surface area contributed by atoms with Crippen molar-refractivity contribution in [3.63, 3.8) is 0 Å². The Kier molecular flexibility index (Phi) is 4.04. The van der Waals surface area contributed by atoms with E-state index < -0.39 is 18.1 Å². The third-order valence-corrected chi connectivity index (χ3v) is 3.57. The molecule has 0 amide bonds. The van der Waals surface area contributed by atoms with Gasteiger partial charge < -0.3 is 15.2 Å². The zero-order valence-electron chi connectivity index (χ0n) is 11.0. The predicted molar refractivity (Wildman–Crippen MR) is 69.0 cm³/mol. The number of carbonyl (C=O) groups is 1. The Morgan fingerprint density at radius 1 is 1.58 bits per heavy atom. The molecule has 0 aromatic heterocycles. The van der Waals surface area contributed by atoms with Crippen LogP contribution in [0.1, 0.15) is 36.7 Å². The third-order valence-electron chi connectivity index (χ3n) is 3.57. The Morgan fingerprint density at radius 2 is 2.32 bits per heavy atom. The van der Waals surface area contributed by atoms with Crippen LogP contribution in [0, 0.1) is 5.92 Å². The molecule has 3 unspecified atom stereocenters. The summed E-state index contributed by atoms with van der Waals surface area (Å²) < 4.78 is 18.7. The molecule has 1 aromatic carbocycles. The fourth-order valence-electron chi connectivity index (χ4n) is 2.43. The van der Waals surface area contributed by atoms with E-state index in [1.54, 1.807) is 25.3 Å². The standard InChI is InChI=1S/C14H18FNO3/c1-8(15)9-3-4-13(19-2)11(5-9)12-6-10(7-16-12)14(17)18/h3-5,8,10,12,16H,6-7H2,1-2H3,(H,17,18). The Morgan fingerprint density at radius 3 is 2.84 bits per heavy atom. The molecule has 104 valence electrons. The number of hydrogen-bond acceptors (Lipinski definition) is 3. The van der Waals surface area contributed by atoms with Gasteiger partial charge in [0.15, 0.2) is 0 Å². The molecule has 2 rings (SSSR count). The van der Waals surface area contributed by atoms with Crippen molar-refractivity contribution in [1.29, 1.82) is 0 Å². The molecule has 1 aliphatic heterocycles. The zero-order chi connectivity index (χ0) is 14.0. The molecular formula is C14H18FNO3. The minimum absolute atomic E-state index is 0.102. The van der Waals surface area contributed by atoms with Crippen LogP contribution >= 0.6 is 0 Å². The summed E-state index contributed by atoms with van der Waals surface area (Å²) in [4.78, 5) is 11.0. The van der Waals surface area contributed by atoms with Gasteiger partial charge >= 0.3 is 5.97 Å². The normalized spacial score (nSPS) is 24.2. The molecule has 19 heavy (non-hydrogen) atoms. The molecule has 0 radical (unpaired) electrons. The predicted octanol–water partition coefficient (Wildman–Crippen LogP) is 2.46. The summed E-state index contributed by atoms with van der Waals surface area (Å²) >= 11 is 0. The van der Waals surface area contributed by atoms with Gasteiger partial charge in [-0.2, -0.15) is 0 Å². The molecule has 3 atom stereocenters. The van der Waals surface area contributed by atoms with Crippen LogP contribution in [0.5, 0.6) is 5.75 Å². The maximum absolute atomic E-state index is 13.4. The smallest absolute Gasteiger partial charge is 0.307 e. The van der Waals surface area contributed by atoms with E-state index >= 15 is 0 Å².